The van der Waals surface area contributed by atoms with Gasteiger partial charge in [0.25, 0.3) is 0 Å². The fraction of sp³-hybridized carbons (Fsp3) is 0.846. The Morgan fingerprint density at radius 3 is 2.53 bits per heavy atom. The highest BCUT2D eigenvalue weighted by Crippen LogP contribution is 2.02. The van der Waals surface area contributed by atoms with E-state index in [0.29, 0.717) is 6.54 Å². The van der Waals surface area contributed by atoms with E-state index < -0.39 is 0 Å². The van der Waals surface area contributed by atoms with E-state index in [1.54, 1.807) is 0 Å². The van der Waals surface area contributed by atoms with Gasteiger partial charge in [0.1, 0.15) is 0 Å². The predicted molar refractivity (Wildman–Crippen MR) is 79.9 cm³/mol. The lowest BCUT2D eigenvalue weighted by atomic mass is 10.1. The second-order valence-corrected chi connectivity index (χ2v) is 4.64. The Labute approximate surface area is 116 Å². The summed E-state index contributed by atoms with van der Waals surface area (Å²) in [5.41, 5.74) is 10.5. The van der Waals surface area contributed by atoms with Crippen molar-refractivity contribution in [3.05, 3.63) is 0 Å². The second kappa shape index (κ2) is 11.8. The average molecular weight is 271 g/mol. The molecule has 6 heteroatoms. The Balaban J connectivity index is 3.73. The molecule has 1 amide bonds. The molecule has 1 atom stereocenters. The number of nitrogens with zero attached hydrogens (tertiary/aromatic N) is 1. The van der Waals surface area contributed by atoms with Crippen molar-refractivity contribution in [1.82, 2.24) is 10.6 Å². The van der Waals surface area contributed by atoms with Crippen LogP contribution in [0.4, 0.5) is 0 Å². The zero-order chi connectivity index (χ0) is 14.5. The molecule has 1 unspecified atom stereocenters. The van der Waals surface area contributed by atoms with Gasteiger partial charge in [-0.05, 0) is 32.7 Å². The second-order valence-electron chi connectivity index (χ2n) is 4.64. The molecule has 0 bridgehead atoms. The number of nitrogens with two attached hydrogens (primary N) is 2. The number of guanidine groups is 1. The smallest absolute Gasteiger partial charge is 0.237 e. The van der Waals surface area contributed by atoms with Crippen molar-refractivity contribution in [1.29, 1.82) is 0 Å². The molecule has 0 aliphatic heterocycles. The summed E-state index contributed by atoms with van der Waals surface area (Å²) in [7, 11) is 1.81. The van der Waals surface area contributed by atoms with Gasteiger partial charge in [-0.2, -0.15) is 0 Å². The molecule has 0 radical (unpaired) electrons. The largest absolute Gasteiger partial charge is 0.370 e. The van der Waals surface area contributed by atoms with Gasteiger partial charge >= 0.3 is 0 Å². The number of unbranched alkanes of at least 4 members (excludes halogenated alkanes) is 3. The van der Waals surface area contributed by atoms with E-state index in [1.807, 2.05) is 7.05 Å². The molecule has 0 fully saturated rings. The van der Waals surface area contributed by atoms with E-state index >= 15 is 0 Å². The molecule has 0 saturated heterocycles. The highest BCUT2D eigenvalue weighted by atomic mass is 16.2. The van der Waals surface area contributed by atoms with Crippen LogP contribution < -0.4 is 22.1 Å². The monoisotopic (exact) mass is 271 g/mol. The van der Waals surface area contributed by atoms with Crippen molar-refractivity contribution in [3.8, 4) is 0 Å². The Bertz CT molecular complexity index is 264. The van der Waals surface area contributed by atoms with Gasteiger partial charge in [-0.25, -0.2) is 0 Å². The maximum Gasteiger partial charge on any atom is 0.237 e. The quantitative estimate of drug-likeness (QED) is 0.247. The average Bonchev–Trinajstić information content (AvgIpc) is 2.38. The fourth-order valence-electron chi connectivity index (χ4n) is 1.78. The summed E-state index contributed by atoms with van der Waals surface area (Å²) in [5.74, 6) is 0.208. The SMILES string of the molecule is CCCCCNC(=O)C(CCCCN=C(N)N)NC. The van der Waals surface area contributed by atoms with Gasteiger partial charge in [0.05, 0.1) is 6.04 Å². The number of hydrogen-bond donors (Lipinski definition) is 4. The van der Waals surface area contributed by atoms with Gasteiger partial charge in [0.2, 0.25) is 5.91 Å². The maximum absolute atomic E-state index is 11.9. The Kier molecular flexibility index (Phi) is 11.0. The van der Waals surface area contributed by atoms with Crippen molar-refractivity contribution >= 4 is 11.9 Å². The molecular weight excluding hydrogens is 242 g/mol. The van der Waals surface area contributed by atoms with Crippen LogP contribution >= 0.6 is 0 Å². The van der Waals surface area contributed by atoms with Gasteiger partial charge in [0, 0.05) is 13.1 Å². The third kappa shape index (κ3) is 10.3. The zero-order valence-electron chi connectivity index (χ0n) is 12.2. The van der Waals surface area contributed by atoms with E-state index in [2.05, 4.69) is 22.5 Å². The molecule has 19 heavy (non-hydrogen) atoms. The fourth-order valence-corrected chi connectivity index (χ4v) is 1.78. The highest BCUT2D eigenvalue weighted by Gasteiger charge is 2.14. The molecule has 0 aromatic carbocycles. The lowest BCUT2D eigenvalue weighted by Crippen LogP contribution is -2.42. The van der Waals surface area contributed by atoms with Crippen LogP contribution in [0.15, 0.2) is 4.99 Å². The van der Waals surface area contributed by atoms with Crippen molar-refractivity contribution in [2.45, 2.75) is 51.5 Å². The van der Waals surface area contributed by atoms with Crippen LogP contribution in [-0.2, 0) is 4.79 Å². The Hall–Kier alpha value is -1.30. The molecule has 0 spiro atoms. The van der Waals surface area contributed by atoms with Gasteiger partial charge in [0.15, 0.2) is 5.96 Å². The van der Waals surface area contributed by atoms with Crippen LogP contribution in [0, 0.1) is 0 Å². The molecule has 0 aliphatic rings. The minimum absolute atomic E-state index is 0.0837. The molecule has 112 valence electrons. The predicted octanol–water partition coefficient (Wildman–Crippen LogP) is 0.325. The van der Waals surface area contributed by atoms with E-state index in [9.17, 15) is 4.79 Å². The van der Waals surface area contributed by atoms with Crippen LogP contribution in [-0.4, -0.2) is 38.0 Å². The first-order valence-corrected chi connectivity index (χ1v) is 7.12. The Morgan fingerprint density at radius 2 is 1.95 bits per heavy atom. The number of amides is 1. The molecule has 0 aliphatic carbocycles. The van der Waals surface area contributed by atoms with E-state index in [0.717, 1.165) is 45.1 Å². The van der Waals surface area contributed by atoms with Gasteiger partial charge in [-0.3, -0.25) is 9.79 Å². The molecule has 6 nitrogen and oxygen atoms in total. The molecule has 0 aromatic heterocycles. The zero-order valence-corrected chi connectivity index (χ0v) is 12.2. The van der Waals surface area contributed by atoms with Crippen molar-refractivity contribution in [2.24, 2.45) is 16.5 Å². The van der Waals surface area contributed by atoms with Crippen LogP contribution in [0.5, 0.6) is 0 Å². The summed E-state index contributed by atoms with van der Waals surface area (Å²) in [5, 5.41) is 6.00. The highest BCUT2D eigenvalue weighted by molar-refractivity contribution is 5.81. The normalized spacial score (nSPS) is 11.9. The summed E-state index contributed by atoms with van der Waals surface area (Å²) in [6, 6.07) is -0.124. The third-order valence-electron chi connectivity index (χ3n) is 2.94. The van der Waals surface area contributed by atoms with E-state index in [-0.39, 0.29) is 17.9 Å². The summed E-state index contributed by atoms with van der Waals surface area (Å²) in [6.45, 7) is 3.53. The first kappa shape index (κ1) is 17.7. The first-order chi connectivity index (χ1) is 9.11. The molecular formula is C13H29N5O. The number of likely N-dealkylation sites (N-methyl/N-ethyl adjacent to an activating group) is 1. The standard InChI is InChI=1S/C13H29N5O/c1-3-4-6-9-17-12(19)11(16-2)8-5-7-10-18-13(14)15/h11,16H,3-10H2,1-2H3,(H,17,19)(H4,14,15,18). The van der Waals surface area contributed by atoms with E-state index in [1.165, 1.54) is 0 Å². The van der Waals surface area contributed by atoms with Crippen LogP contribution in [0.3, 0.4) is 0 Å². The van der Waals surface area contributed by atoms with Gasteiger partial charge in [-0.1, -0.05) is 19.8 Å². The molecule has 0 aromatic rings. The van der Waals surface area contributed by atoms with Crippen LogP contribution in [0.25, 0.3) is 0 Å². The maximum atomic E-state index is 11.9. The van der Waals surface area contributed by atoms with Crippen molar-refractivity contribution in [3.63, 3.8) is 0 Å². The number of carbonyl (C=O) groups is 1. The number of rotatable bonds is 11. The lowest BCUT2D eigenvalue weighted by Gasteiger charge is -2.15. The summed E-state index contributed by atoms with van der Waals surface area (Å²) in [4.78, 5) is 15.8. The minimum atomic E-state index is -0.124. The van der Waals surface area contributed by atoms with Crippen LogP contribution in [0.2, 0.25) is 0 Å². The summed E-state index contributed by atoms with van der Waals surface area (Å²) in [6.07, 6.45) is 5.97. The van der Waals surface area contributed by atoms with Crippen LogP contribution in [0.1, 0.15) is 45.4 Å². The minimum Gasteiger partial charge on any atom is -0.370 e. The Morgan fingerprint density at radius 1 is 1.21 bits per heavy atom. The molecule has 0 saturated carbocycles. The number of carbonyl (C=O) groups excluding carboxylic acids is 1. The molecule has 0 rings (SSSR count). The van der Waals surface area contributed by atoms with Gasteiger partial charge in [-0.15, -0.1) is 0 Å². The molecule has 6 N–H and O–H groups in total. The number of nitrogens with one attached hydrogen (secondary N) is 2. The molecule has 0 heterocycles. The number of aliphatic imine (C=N–C) groups is 1. The van der Waals surface area contributed by atoms with Gasteiger partial charge < -0.3 is 22.1 Å². The summed E-state index contributed by atoms with van der Waals surface area (Å²) < 4.78 is 0. The van der Waals surface area contributed by atoms with Crippen molar-refractivity contribution < 1.29 is 4.79 Å². The van der Waals surface area contributed by atoms with E-state index in [4.69, 9.17) is 11.5 Å². The first-order valence-electron chi connectivity index (χ1n) is 7.12. The topological polar surface area (TPSA) is 106 Å². The number of hydrogen-bond acceptors (Lipinski definition) is 3. The third-order valence-corrected chi connectivity index (χ3v) is 2.94. The summed E-state index contributed by atoms with van der Waals surface area (Å²) >= 11 is 0. The lowest BCUT2D eigenvalue weighted by molar-refractivity contribution is -0.123. The van der Waals surface area contributed by atoms with Crippen molar-refractivity contribution in [2.75, 3.05) is 20.1 Å².